The number of rotatable bonds is 5. The lowest BCUT2D eigenvalue weighted by molar-refractivity contribution is 0.353. The van der Waals surface area contributed by atoms with E-state index in [-0.39, 0.29) is 16.2 Å². The van der Waals surface area contributed by atoms with Crippen LogP contribution in [0.15, 0.2) is 176 Å². The van der Waals surface area contributed by atoms with Gasteiger partial charge in [-0.2, -0.15) is 0 Å². The van der Waals surface area contributed by atoms with Crippen molar-refractivity contribution < 1.29 is 0 Å². The molecule has 1 saturated carbocycles. The van der Waals surface area contributed by atoms with Crippen LogP contribution in [0.1, 0.15) is 93.2 Å². The molecule has 0 bridgehead atoms. The highest BCUT2D eigenvalue weighted by molar-refractivity contribution is 6.01. The summed E-state index contributed by atoms with van der Waals surface area (Å²) in [4.78, 5) is 2.60. The lowest BCUT2D eigenvalue weighted by atomic mass is 9.68. The monoisotopic (exact) mass is 785 g/mol. The van der Waals surface area contributed by atoms with Gasteiger partial charge in [-0.25, -0.2) is 0 Å². The van der Waals surface area contributed by atoms with Crippen molar-refractivity contribution >= 4 is 17.1 Å². The molecule has 0 saturated heterocycles. The quantitative estimate of drug-likeness (QED) is 0.168. The van der Waals surface area contributed by atoms with Gasteiger partial charge in [0.2, 0.25) is 0 Å². The summed E-state index contributed by atoms with van der Waals surface area (Å²) in [6.07, 6.45) is 6.34. The first-order valence-electron chi connectivity index (χ1n) is 22.5. The maximum absolute atomic E-state index is 2.60. The molecule has 4 aliphatic carbocycles. The fourth-order valence-corrected chi connectivity index (χ4v) is 12.5. The van der Waals surface area contributed by atoms with E-state index in [9.17, 15) is 0 Å². The second kappa shape index (κ2) is 13.3. The van der Waals surface area contributed by atoms with Crippen LogP contribution in [0.2, 0.25) is 0 Å². The Morgan fingerprint density at radius 3 is 1.49 bits per heavy atom. The fourth-order valence-electron chi connectivity index (χ4n) is 12.5. The Kier molecular flexibility index (Phi) is 7.93. The Morgan fingerprint density at radius 2 is 0.803 bits per heavy atom. The molecule has 0 aliphatic heterocycles. The minimum atomic E-state index is -0.158. The standard InChI is InChI=1S/C60H51N/c1-58(2)50-29-12-8-24-47(50)56-44(25-19-31-53(56)58)42-22-9-14-32-54(42)61(39-34-35-52-48(38-39)41-21-7-13-30-51(41)60(52)36-16-5-17-37-60)55-33-15-10-23-43(55)46-27-18-26-45-40-20-6-11-28-49(40)59(3,4)57(45)46/h6-15,18-35,38H,5,16-17,36-37H2,1-4H3. The van der Waals surface area contributed by atoms with Crippen LogP contribution in [0, 0.1) is 0 Å². The van der Waals surface area contributed by atoms with Gasteiger partial charge in [-0.15, -0.1) is 0 Å². The van der Waals surface area contributed by atoms with Crippen LogP contribution >= 0.6 is 0 Å². The third-order valence-corrected chi connectivity index (χ3v) is 15.3. The van der Waals surface area contributed by atoms with Crippen molar-refractivity contribution in [3.8, 4) is 55.6 Å². The Bertz CT molecular complexity index is 3080. The second-order valence-corrected chi connectivity index (χ2v) is 19.1. The molecule has 1 heteroatoms. The van der Waals surface area contributed by atoms with E-state index in [1.807, 2.05) is 0 Å². The Balaban J connectivity index is 1.13. The maximum Gasteiger partial charge on any atom is 0.0540 e. The molecule has 0 atom stereocenters. The van der Waals surface area contributed by atoms with E-state index in [0.717, 1.165) is 0 Å². The molecule has 0 aromatic heterocycles. The molecule has 0 heterocycles. The van der Waals surface area contributed by atoms with Crippen LogP contribution in [0.3, 0.4) is 0 Å². The molecule has 12 rings (SSSR count). The second-order valence-electron chi connectivity index (χ2n) is 19.1. The molecular weight excluding hydrogens is 735 g/mol. The minimum Gasteiger partial charge on any atom is -0.309 e. The van der Waals surface area contributed by atoms with E-state index in [2.05, 4.69) is 209 Å². The van der Waals surface area contributed by atoms with Crippen LogP contribution in [0.5, 0.6) is 0 Å². The van der Waals surface area contributed by atoms with Crippen molar-refractivity contribution in [3.63, 3.8) is 0 Å². The Labute approximate surface area is 361 Å². The summed E-state index contributed by atoms with van der Waals surface area (Å²) in [6.45, 7) is 9.58. The highest BCUT2D eigenvalue weighted by Crippen LogP contribution is 2.59. The summed E-state index contributed by atoms with van der Waals surface area (Å²) in [5, 5.41) is 0. The third kappa shape index (κ3) is 5.07. The summed E-state index contributed by atoms with van der Waals surface area (Å²) in [7, 11) is 0. The molecule has 296 valence electrons. The highest BCUT2D eigenvalue weighted by atomic mass is 15.1. The Hall–Kier alpha value is -6.44. The first kappa shape index (κ1) is 36.4. The molecule has 1 spiro atoms. The van der Waals surface area contributed by atoms with Crippen LogP contribution in [0.4, 0.5) is 17.1 Å². The van der Waals surface area contributed by atoms with E-state index < -0.39 is 0 Å². The first-order chi connectivity index (χ1) is 29.8. The summed E-state index contributed by atoms with van der Waals surface area (Å²) in [6, 6.07) is 67.2. The van der Waals surface area contributed by atoms with E-state index in [1.54, 1.807) is 0 Å². The summed E-state index contributed by atoms with van der Waals surface area (Å²) in [5.74, 6) is 0. The average molecular weight is 786 g/mol. The smallest absolute Gasteiger partial charge is 0.0540 e. The Morgan fingerprint density at radius 1 is 0.344 bits per heavy atom. The molecule has 8 aromatic rings. The van der Waals surface area contributed by atoms with Crippen LogP contribution in [0.25, 0.3) is 55.6 Å². The fraction of sp³-hybridized carbons (Fsp3) is 0.200. The number of anilines is 3. The van der Waals surface area contributed by atoms with Gasteiger partial charge in [-0.3, -0.25) is 0 Å². The van der Waals surface area contributed by atoms with E-state index in [1.165, 1.54) is 138 Å². The normalized spacial score (nSPS) is 16.6. The molecule has 1 fully saturated rings. The topological polar surface area (TPSA) is 3.24 Å². The van der Waals surface area contributed by atoms with Gasteiger partial charge in [0.05, 0.1) is 11.4 Å². The van der Waals surface area contributed by atoms with E-state index in [4.69, 9.17) is 0 Å². The molecule has 4 aliphatic rings. The lowest BCUT2D eigenvalue weighted by Gasteiger charge is -2.36. The first-order valence-corrected chi connectivity index (χ1v) is 22.5. The predicted molar refractivity (Wildman–Crippen MR) is 256 cm³/mol. The number of hydrogen-bond donors (Lipinski definition) is 0. The molecule has 0 unspecified atom stereocenters. The van der Waals surface area contributed by atoms with Gasteiger partial charge in [0.15, 0.2) is 0 Å². The van der Waals surface area contributed by atoms with Crippen molar-refractivity contribution in [1.29, 1.82) is 0 Å². The zero-order chi connectivity index (χ0) is 41.1. The number of hydrogen-bond acceptors (Lipinski definition) is 1. The lowest BCUT2D eigenvalue weighted by Crippen LogP contribution is -2.28. The van der Waals surface area contributed by atoms with Gasteiger partial charge in [-0.05, 0) is 115 Å². The molecule has 8 aromatic carbocycles. The molecule has 0 amide bonds. The van der Waals surface area contributed by atoms with E-state index in [0.29, 0.717) is 0 Å². The van der Waals surface area contributed by atoms with Gasteiger partial charge in [0.1, 0.15) is 0 Å². The van der Waals surface area contributed by atoms with Gasteiger partial charge in [0.25, 0.3) is 0 Å². The van der Waals surface area contributed by atoms with Crippen LogP contribution in [-0.2, 0) is 16.2 Å². The number of nitrogens with zero attached hydrogens (tertiary/aromatic N) is 1. The molecule has 0 radical (unpaired) electrons. The minimum absolute atomic E-state index is 0.0936. The summed E-state index contributed by atoms with van der Waals surface area (Å²) >= 11 is 0. The van der Waals surface area contributed by atoms with Gasteiger partial charge in [-0.1, -0.05) is 199 Å². The largest absolute Gasteiger partial charge is 0.309 e. The van der Waals surface area contributed by atoms with Crippen LogP contribution in [-0.4, -0.2) is 0 Å². The molecular formula is C60H51N. The number of fused-ring (bicyclic) bond motifs is 11. The maximum atomic E-state index is 2.60. The zero-order valence-corrected chi connectivity index (χ0v) is 35.7. The molecule has 61 heavy (non-hydrogen) atoms. The number of benzene rings is 8. The summed E-state index contributed by atoms with van der Waals surface area (Å²) in [5.41, 5.74) is 25.2. The zero-order valence-electron chi connectivity index (χ0n) is 35.7. The van der Waals surface area contributed by atoms with Crippen molar-refractivity contribution in [2.24, 2.45) is 0 Å². The van der Waals surface area contributed by atoms with E-state index >= 15 is 0 Å². The SMILES string of the molecule is CC1(C)c2ccccc2-c2c(-c3ccccc3N(c3ccc4c(c3)-c3ccccc3C43CCCCC3)c3ccccc3-c3cccc4c3C(C)(C)c3ccccc3-4)cccc21. The highest BCUT2D eigenvalue weighted by Gasteiger charge is 2.44. The molecule has 0 N–H and O–H groups in total. The summed E-state index contributed by atoms with van der Waals surface area (Å²) < 4.78 is 0. The van der Waals surface area contributed by atoms with Crippen molar-refractivity contribution in [2.75, 3.05) is 4.90 Å². The molecule has 1 nitrogen and oxygen atoms in total. The van der Waals surface area contributed by atoms with Gasteiger partial charge < -0.3 is 4.90 Å². The van der Waals surface area contributed by atoms with Gasteiger partial charge >= 0.3 is 0 Å². The third-order valence-electron chi connectivity index (χ3n) is 15.3. The van der Waals surface area contributed by atoms with Crippen LogP contribution < -0.4 is 4.90 Å². The number of para-hydroxylation sites is 2. The predicted octanol–water partition coefficient (Wildman–Crippen LogP) is 16.3. The van der Waals surface area contributed by atoms with Crippen molar-refractivity contribution in [2.45, 2.75) is 76.0 Å². The van der Waals surface area contributed by atoms with Gasteiger partial charge in [0, 0.05) is 33.1 Å². The van der Waals surface area contributed by atoms with Crippen molar-refractivity contribution in [3.05, 3.63) is 209 Å². The van der Waals surface area contributed by atoms with Crippen molar-refractivity contribution in [1.82, 2.24) is 0 Å². The average Bonchev–Trinajstić information content (AvgIpc) is 3.81.